The molecule has 1 fully saturated rings. The molecule has 41 heavy (non-hydrogen) atoms. The minimum absolute atomic E-state index is 0. The number of anilines is 1. The van der Waals surface area contributed by atoms with Crippen LogP contribution in [-0.4, -0.2) is 64.2 Å². The average molecular weight is 615 g/mol. The van der Waals surface area contributed by atoms with Crippen LogP contribution >= 0.6 is 12.4 Å². The lowest BCUT2D eigenvalue weighted by atomic mass is 10.2. The van der Waals surface area contributed by atoms with E-state index in [-0.39, 0.29) is 46.8 Å². The van der Waals surface area contributed by atoms with E-state index in [1.54, 1.807) is 23.1 Å². The molecular weight excluding hydrogens is 589 g/mol. The molecule has 0 unspecified atom stereocenters. The number of rotatable bonds is 9. The Kier molecular flexibility index (Phi) is 10.4. The second-order valence-electron chi connectivity index (χ2n) is 8.52. The molecule has 0 aliphatic carbocycles. The molecule has 2 N–H and O–H groups in total. The summed E-state index contributed by atoms with van der Waals surface area (Å²) < 4.78 is 68.9. The average Bonchev–Trinajstić information content (AvgIpc) is 2.95. The number of alkyl halides is 3. The van der Waals surface area contributed by atoms with Gasteiger partial charge in [-0.1, -0.05) is 22.7 Å². The lowest BCUT2D eigenvalue weighted by Gasteiger charge is -2.27. The number of piperazine rings is 1. The van der Waals surface area contributed by atoms with Crippen molar-refractivity contribution in [2.75, 3.05) is 37.2 Å². The summed E-state index contributed by atoms with van der Waals surface area (Å²) in [6.07, 6.45) is -4.88. The molecule has 0 atom stereocenters. The fourth-order valence-electron chi connectivity index (χ4n) is 3.75. The molecule has 2 amide bonds. The zero-order valence-electron chi connectivity index (χ0n) is 21.3. The van der Waals surface area contributed by atoms with Gasteiger partial charge in [-0.3, -0.25) is 9.59 Å². The van der Waals surface area contributed by atoms with Crippen LogP contribution in [-0.2, 0) is 14.8 Å². The third kappa shape index (κ3) is 8.49. The number of carbonyl (C=O) groups excluding carboxylic acids is 2. The van der Waals surface area contributed by atoms with Gasteiger partial charge in [0, 0.05) is 31.7 Å². The maximum absolute atomic E-state index is 13.5. The predicted molar refractivity (Wildman–Crippen MR) is 145 cm³/mol. The van der Waals surface area contributed by atoms with Gasteiger partial charge in [0.05, 0.1) is 17.1 Å². The second kappa shape index (κ2) is 13.6. The van der Waals surface area contributed by atoms with Gasteiger partial charge in [0.15, 0.2) is 5.75 Å². The first-order valence-corrected chi connectivity index (χ1v) is 13.5. The molecule has 0 aromatic heterocycles. The number of sulfonamides is 1. The van der Waals surface area contributed by atoms with Crippen molar-refractivity contribution in [1.82, 2.24) is 15.5 Å². The number of hydrogen-bond acceptors (Lipinski definition) is 7. The first-order chi connectivity index (χ1) is 19.0. The fourth-order valence-corrected chi connectivity index (χ4v) is 5.00. The Morgan fingerprint density at radius 3 is 2.07 bits per heavy atom. The summed E-state index contributed by atoms with van der Waals surface area (Å²) in [7, 11) is -4.37. The van der Waals surface area contributed by atoms with E-state index < -0.39 is 28.0 Å². The van der Waals surface area contributed by atoms with Gasteiger partial charge in [0.25, 0.3) is 15.9 Å². The Morgan fingerprint density at radius 1 is 0.902 bits per heavy atom. The zero-order valence-corrected chi connectivity index (χ0v) is 23.0. The quantitative estimate of drug-likeness (QED) is 0.355. The maximum Gasteiger partial charge on any atom is 0.573 e. The minimum atomic E-state index is -4.88. The summed E-state index contributed by atoms with van der Waals surface area (Å²) in [6, 6.07) is 17.0. The Hall–Kier alpha value is -4.01. The number of ether oxygens (including phenoxy) is 1. The zero-order chi connectivity index (χ0) is 28.8. The summed E-state index contributed by atoms with van der Waals surface area (Å²) in [4.78, 5) is 31.8. The number of benzene rings is 3. The van der Waals surface area contributed by atoms with Gasteiger partial charge in [-0.15, -0.1) is 25.6 Å². The van der Waals surface area contributed by atoms with Crippen molar-refractivity contribution in [3.05, 3.63) is 84.4 Å². The molecule has 1 aliphatic heterocycles. The number of hydrogen-bond donors (Lipinski definition) is 2. The van der Waals surface area contributed by atoms with Crippen molar-refractivity contribution in [1.29, 1.82) is 0 Å². The van der Waals surface area contributed by atoms with E-state index >= 15 is 0 Å². The summed E-state index contributed by atoms with van der Waals surface area (Å²) >= 11 is 0. The van der Waals surface area contributed by atoms with Crippen molar-refractivity contribution in [2.45, 2.75) is 11.3 Å². The van der Waals surface area contributed by atoms with Crippen LogP contribution in [0.15, 0.2) is 83.8 Å². The summed E-state index contributed by atoms with van der Waals surface area (Å²) in [5.41, 5.74) is 0.255. The molecule has 0 bridgehead atoms. The Morgan fingerprint density at radius 2 is 1.49 bits per heavy atom. The standard InChI is InChI=1S/C26H25F3N4O6S.ClH/c27-26(28,29)38-21-8-10-22(11-9-21)39-33(20-4-2-1-3-5-20)40(36,37)23-12-6-19(7-13-23)25(35)31-18-24(34)32-16-14-30-15-17-32;/h1-13,30H,14-18H2,(H,31,35);1H. The monoisotopic (exact) mass is 614 g/mol. The molecule has 1 aliphatic rings. The van der Waals surface area contributed by atoms with E-state index in [0.717, 1.165) is 24.3 Å². The van der Waals surface area contributed by atoms with E-state index in [1.165, 1.54) is 36.4 Å². The van der Waals surface area contributed by atoms with Crippen molar-refractivity contribution >= 4 is 39.9 Å². The summed E-state index contributed by atoms with van der Waals surface area (Å²) in [6.45, 7) is 2.26. The predicted octanol–water partition coefficient (Wildman–Crippen LogP) is 3.36. The van der Waals surface area contributed by atoms with Gasteiger partial charge in [-0.25, -0.2) is 0 Å². The fraction of sp³-hybridized carbons (Fsp3) is 0.231. The van der Waals surface area contributed by atoms with Gasteiger partial charge >= 0.3 is 6.36 Å². The summed E-state index contributed by atoms with van der Waals surface area (Å²) in [5.74, 6) is -1.35. The third-order valence-corrected chi connectivity index (χ3v) is 7.31. The Labute approximate surface area is 240 Å². The number of nitrogens with zero attached hydrogens (tertiary/aromatic N) is 2. The van der Waals surface area contributed by atoms with Gasteiger partial charge in [-0.2, -0.15) is 8.42 Å². The largest absolute Gasteiger partial charge is 0.573 e. The van der Waals surface area contributed by atoms with Gasteiger partial charge < -0.3 is 25.1 Å². The normalized spacial score (nSPS) is 13.5. The lowest BCUT2D eigenvalue weighted by molar-refractivity contribution is -0.274. The van der Waals surface area contributed by atoms with Crippen LogP contribution < -0.4 is 24.7 Å². The molecule has 0 spiro atoms. The molecule has 220 valence electrons. The molecule has 10 nitrogen and oxygen atoms in total. The van der Waals surface area contributed by atoms with E-state index in [0.29, 0.717) is 30.6 Å². The molecule has 0 radical (unpaired) electrons. The molecule has 1 heterocycles. The van der Waals surface area contributed by atoms with Crippen LogP contribution in [0.1, 0.15) is 10.4 Å². The number of halogens is 4. The molecule has 3 aromatic rings. The highest BCUT2D eigenvalue weighted by molar-refractivity contribution is 7.92. The van der Waals surface area contributed by atoms with Crippen molar-refractivity contribution in [2.24, 2.45) is 0 Å². The Balaban J connectivity index is 0.00000462. The minimum Gasteiger partial charge on any atom is -0.406 e. The number of nitrogens with one attached hydrogen (secondary N) is 2. The van der Waals surface area contributed by atoms with Crippen LogP contribution in [0.3, 0.4) is 0 Å². The highest BCUT2D eigenvalue weighted by atomic mass is 35.5. The van der Waals surface area contributed by atoms with E-state index in [9.17, 15) is 31.2 Å². The second-order valence-corrected chi connectivity index (χ2v) is 10.3. The summed E-state index contributed by atoms with van der Waals surface area (Å²) in [5, 5.41) is 5.67. The number of carbonyl (C=O) groups is 2. The SMILES string of the molecule is Cl.O=C(NCC(=O)N1CCNCC1)c1ccc(S(=O)(=O)N(Oc2ccc(OC(F)(F)F)cc2)c2ccccc2)cc1. The van der Waals surface area contributed by atoms with Crippen LogP contribution in [0.25, 0.3) is 0 Å². The van der Waals surface area contributed by atoms with E-state index in [2.05, 4.69) is 15.4 Å². The molecule has 4 rings (SSSR count). The molecular formula is C26H26ClF3N4O6S. The molecule has 3 aromatic carbocycles. The van der Waals surface area contributed by atoms with Crippen LogP contribution in [0, 0.1) is 0 Å². The first kappa shape index (κ1) is 31.5. The molecule has 1 saturated heterocycles. The van der Waals surface area contributed by atoms with Gasteiger partial charge in [0.2, 0.25) is 5.91 Å². The van der Waals surface area contributed by atoms with Gasteiger partial charge in [0.1, 0.15) is 5.75 Å². The lowest BCUT2D eigenvalue weighted by Crippen LogP contribution is -2.49. The topological polar surface area (TPSA) is 117 Å². The van der Waals surface area contributed by atoms with E-state index in [4.69, 9.17) is 4.84 Å². The third-order valence-electron chi connectivity index (χ3n) is 5.72. The number of amides is 2. The first-order valence-electron chi connectivity index (χ1n) is 12.0. The Bertz CT molecular complexity index is 1420. The smallest absolute Gasteiger partial charge is 0.406 e. The highest BCUT2D eigenvalue weighted by Gasteiger charge is 2.31. The molecule has 15 heteroatoms. The van der Waals surface area contributed by atoms with Crippen LogP contribution in [0.5, 0.6) is 11.5 Å². The van der Waals surface area contributed by atoms with Gasteiger partial charge in [-0.05, 0) is 60.7 Å². The number of para-hydroxylation sites is 1. The maximum atomic E-state index is 13.5. The van der Waals surface area contributed by atoms with Crippen molar-refractivity contribution in [3.8, 4) is 11.5 Å². The molecule has 0 saturated carbocycles. The van der Waals surface area contributed by atoms with Crippen molar-refractivity contribution < 1.29 is 40.8 Å². The van der Waals surface area contributed by atoms with Crippen molar-refractivity contribution in [3.63, 3.8) is 0 Å². The highest BCUT2D eigenvalue weighted by Crippen LogP contribution is 2.29. The van der Waals surface area contributed by atoms with Crippen LogP contribution in [0.2, 0.25) is 0 Å². The van der Waals surface area contributed by atoms with E-state index in [1.807, 2.05) is 0 Å². The van der Waals surface area contributed by atoms with Crippen LogP contribution in [0.4, 0.5) is 18.9 Å².